The zero-order valence-corrected chi connectivity index (χ0v) is 8.99. The van der Waals surface area contributed by atoms with E-state index in [0.717, 1.165) is 19.2 Å². The van der Waals surface area contributed by atoms with E-state index in [2.05, 4.69) is 4.74 Å². The molecule has 0 aliphatic rings. The normalized spacial score (nSPS) is 11.0. The number of ether oxygens (including phenoxy) is 1. The number of hydrogen-bond acceptors (Lipinski definition) is 2. The van der Waals surface area contributed by atoms with Crippen molar-refractivity contribution in [1.82, 2.24) is 0 Å². The van der Waals surface area contributed by atoms with Crippen LogP contribution in [0.5, 0.6) is 5.75 Å². The van der Waals surface area contributed by atoms with Gasteiger partial charge in [-0.25, -0.2) is 0 Å². The van der Waals surface area contributed by atoms with Crippen molar-refractivity contribution in [2.75, 3.05) is 7.11 Å². The van der Waals surface area contributed by atoms with Crippen molar-refractivity contribution in [1.29, 1.82) is 5.26 Å². The van der Waals surface area contributed by atoms with Crippen molar-refractivity contribution in [2.45, 2.75) is 12.1 Å². The minimum absolute atomic E-state index is 0.0832. The van der Waals surface area contributed by atoms with Crippen LogP contribution >= 0.6 is 11.6 Å². The van der Waals surface area contributed by atoms with Crippen LogP contribution in [0.4, 0.5) is 13.2 Å². The van der Waals surface area contributed by atoms with Gasteiger partial charge in [0.25, 0.3) is 0 Å². The summed E-state index contributed by atoms with van der Waals surface area (Å²) in [7, 11) is 1.12. The number of rotatable bonds is 2. The molecule has 6 heteroatoms. The number of methoxy groups -OCH3 is 1. The Bertz CT molecular complexity index is 437. The maximum Gasteiger partial charge on any atom is 0.419 e. The zero-order valence-electron chi connectivity index (χ0n) is 8.23. The first-order chi connectivity index (χ1) is 7.43. The van der Waals surface area contributed by atoms with Crippen molar-refractivity contribution >= 4 is 11.6 Å². The molecule has 0 N–H and O–H groups in total. The molecule has 1 aromatic carbocycles. The molecule has 1 rings (SSSR count). The number of alkyl halides is 4. The van der Waals surface area contributed by atoms with Gasteiger partial charge in [0.15, 0.2) is 0 Å². The maximum atomic E-state index is 12.6. The average Bonchev–Trinajstić information content (AvgIpc) is 2.25. The molecular formula is C10H7ClF3NO. The molecule has 0 heterocycles. The van der Waals surface area contributed by atoms with Crippen LogP contribution in [0.15, 0.2) is 12.1 Å². The van der Waals surface area contributed by atoms with Crippen LogP contribution in [0.25, 0.3) is 0 Å². The molecule has 0 spiro atoms. The van der Waals surface area contributed by atoms with Gasteiger partial charge in [-0.2, -0.15) is 18.4 Å². The molecule has 86 valence electrons. The molecular weight excluding hydrogens is 243 g/mol. The first-order valence-electron chi connectivity index (χ1n) is 4.18. The summed E-state index contributed by atoms with van der Waals surface area (Å²) in [5.74, 6) is -0.534. The Morgan fingerprint density at radius 3 is 2.44 bits per heavy atom. The molecule has 16 heavy (non-hydrogen) atoms. The highest BCUT2D eigenvalue weighted by atomic mass is 35.5. The predicted molar refractivity (Wildman–Crippen MR) is 52.3 cm³/mol. The predicted octanol–water partition coefficient (Wildman–Crippen LogP) is 3.32. The van der Waals surface area contributed by atoms with Gasteiger partial charge in [0.2, 0.25) is 0 Å². The van der Waals surface area contributed by atoms with Crippen LogP contribution in [0.1, 0.15) is 16.7 Å². The third kappa shape index (κ3) is 2.39. The van der Waals surface area contributed by atoms with E-state index in [1.54, 1.807) is 6.07 Å². The van der Waals surface area contributed by atoms with Crippen LogP contribution in [0.3, 0.4) is 0 Å². The Morgan fingerprint density at radius 2 is 2.06 bits per heavy atom. The minimum Gasteiger partial charge on any atom is -0.496 e. The molecule has 2 nitrogen and oxygen atoms in total. The van der Waals surface area contributed by atoms with Crippen molar-refractivity contribution in [3.05, 3.63) is 28.8 Å². The second-order valence-corrected chi connectivity index (χ2v) is 3.22. The summed E-state index contributed by atoms with van der Waals surface area (Å²) < 4.78 is 42.3. The summed E-state index contributed by atoms with van der Waals surface area (Å²) in [4.78, 5) is 0. The second-order valence-electron chi connectivity index (χ2n) is 2.95. The summed E-state index contributed by atoms with van der Waals surface area (Å²) in [6, 6.07) is 3.65. The quantitative estimate of drug-likeness (QED) is 0.753. The molecule has 0 radical (unpaired) electrons. The van der Waals surface area contributed by atoms with Gasteiger partial charge in [0.05, 0.1) is 24.3 Å². The van der Waals surface area contributed by atoms with Crippen molar-refractivity contribution < 1.29 is 17.9 Å². The summed E-state index contributed by atoms with van der Waals surface area (Å²) in [5, 5.41) is 8.72. The van der Waals surface area contributed by atoms with E-state index in [1.807, 2.05) is 0 Å². The summed E-state index contributed by atoms with van der Waals surface area (Å²) in [6.45, 7) is 0. The van der Waals surface area contributed by atoms with E-state index < -0.39 is 11.7 Å². The molecule has 0 saturated heterocycles. The monoisotopic (exact) mass is 249 g/mol. The standard InChI is InChI=1S/C10H7ClF3NO/c1-16-9-3-7(5-15)6(4-11)2-8(9)10(12,13)14/h2-3H,4H2,1H3. The first-order valence-corrected chi connectivity index (χ1v) is 4.71. The lowest BCUT2D eigenvalue weighted by molar-refractivity contribution is -0.138. The Labute approximate surface area is 95.2 Å². The Morgan fingerprint density at radius 1 is 1.44 bits per heavy atom. The third-order valence-corrected chi connectivity index (χ3v) is 2.28. The first kappa shape index (κ1) is 12.7. The fraction of sp³-hybridized carbons (Fsp3) is 0.300. The largest absolute Gasteiger partial charge is 0.496 e. The molecule has 0 bridgehead atoms. The molecule has 0 aliphatic heterocycles. The molecule has 0 atom stereocenters. The highest BCUT2D eigenvalue weighted by Crippen LogP contribution is 2.38. The Kier molecular flexibility index (Phi) is 3.66. The van der Waals surface area contributed by atoms with Crippen molar-refractivity contribution in [3.8, 4) is 11.8 Å². The molecule has 0 fully saturated rings. The van der Waals surface area contributed by atoms with Crippen LogP contribution in [-0.4, -0.2) is 7.11 Å². The summed E-state index contributed by atoms with van der Waals surface area (Å²) >= 11 is 5.47. The maximum absolute atomic E-state index is 12.6. The number of nitriles is 1. The van der Waals surface area contributed by atoms with Gasteiger partial charge >= 0.3 is 6.18 Å². The fourth-order valence-corrected chi connectivity index (χ4v) is 1.45. The third-order valence-electron chi connectivity index (χ3n) is 2.00. The lowest BCUT2D eigenvalue weighted by atomic mass is 10.0. The summed E-state index contributed by atoms with van der Waals surface area (Å²) in [5.41, 5.74) is -0.707. The van der Waals surface area contributed by atoms with Gasteiger partial charge in [-0.3, -0.25) is 0 Å². The van der Waals surface area contributed by atoms with E-state index in [0.29, 0.717) is 0 Å². The highest BCUT2D eigenvalue weighted by Gasteiger charge is 2.35. The lowest BCUT2D eigenvalue weighted by Crippen LogP contribution is -2.09. The molecule has 0 amide bonds. The smallest absolute Gasteiger partial charge is 0.419 e. The lowest BCUT2D eigenvalue weighted by Gasteiger charge is -2.13. The van der Waals surface area contributed by atoms with Gasteiger partial charge in [0, 0.05) is 5.88 Å². The van der Waals surface area contributed by atoms with Gasteiger partial charge in [-0.1, -0.05) is 0 Å². The van der Waals surface area contributed by atoms with Gasteiger partial charge in [-0.05, 0) is 17.7 Å². The van der Waals surface area contributed by atoms with Gasteiger partial charge in [-0.15, -0.1) is 11.6 Å². The highest BCUT2D eigenvalue weighted by molar-refractivity contribution is 6.17. The molecule has 1 aromatic rings. The summed E-state index contributed by atoms with van der Waals surface area (Å²) in [6.07, 6.45) is -4.53. The zero-order chi connectivity index (χ0) is 12.3. The number of nitrogens with zero attached hydrogens (tertiary/aromatic N) is 1. The fourth-order valence-electron chi connectivity index (χ4n) is 1.23. The molecule has 0 aromatic heterocycles. The minimum atomic E-state index is -4.53. The Hall–Kier alpha value is -1.41. The average molecular weight is 250 g/mol. The van der Waals surface area contributed by atoms with Crippen molar-refractivity contribution in [2.24, 2.45) is 0 Å². The second kappa shape index (κ2) is 4.62. The topological polar surface area (TPSA) is 33.0 Å². The SMILES string of the molecule is COc1cc(C#N)c(CCl)cc1C(F)(F)F. The van der Waals surface area contributed by atoms with Gasteiger partial charge < -0.3 is 4.74 Å². The van der Waals surface area contributed by atoms with E-state index >= 15 is 0 Å². The van der Waals surface area contributed by atoms with E-state index in [9.17, 15) is 13.2 Å². The van der Waals surface area contributed by atoms with E-state index in [4.69, 9.17) is 16.9 Å². The van der Waals surface area contributed by atoms with E-state index in [-0.39, 0.29) is 22.8 Å². The molecule has 0 saturated carbocycles. The molecule has 0 aliphatic carbocycles. The number of halogens is 4. The van der Waals surface area contributed by atoms with Crippen LogP contribution in [0.2, 0.25) is 0 Å². The number of hydrogen-bond donors (Lipinski definition) is 0. The van der Waals surface area contributed by atoms with Crippen LogP contribution in [0, 0.1) is 11.3 Å². The van der Waals surface area contributed by atoms with Gasteiger partial charge in [0.1, 0.15) is 5.75 Å². The van der Waals surface area contributed by atoms with Crippen molar-refractivity contribution in [3.63, 3.8) is 0 Å². The molecule has 0 unspecified atom stereocenters. The van der Waals surface area contributed by atoms with E-state index in [1.165, 1.54) is 0 Å². The number of benzene rings is 1. The Balaban J connectivity index is 3.45. The van der Waals surface area contributed by atoms with Crippen LogP contribution in [-0.2, 0) is 12.1 Å². The van der Waals surface area contributed by atoms with Crippen LogP contribution < -0.4 is 4.74 Å².